The number of aromatic nitrogens is 2. The number of methoxy groups -OCH3 is 1. The van der Waals surface area contributed by atoms with E-state index in [4.69, 9.17) is 32.7 Å². The normalized spacial score (nSPS) is 11.7. The number of ether oxygens (including phenoxy) is 2. The van der Waals surface area contributed by atoms with E-state index < -0.39 is 17.9 Å². The number of amides is 1. The SMILES string of the molecule is COC(=O)C(C/C=C/c1ccc(Oc2ncccn2)cc1)NC(=O)c1c(Cl)cccc1Cl. The van der Waals surface area contributed by atoms with Gasteiger partial charge in [0, 0.05) is 12.4 Å². The Morgan fingerprint density at radius 1 is 1.03 bits per heavy atom. The molecule has 1 N–H and O–H groups in total. The zero-order valence-electron chi connectivity index (χ0n) is 17.0. The van der Waals surface area contributed by atoms with Crippen LogP contribution in [-0.4, -0.2) is 35.0 Å². The van der Waals surface area contributed by atoms with Crippen LogP contribution in [0.2, 0.25) is 10.0 Å². The fraction of sp³-hybridized carbons (Fsp3) is 0.130. The number of rotatable bonds is 8. The molecule has 0 aliphatic heterocycles. The summed E-state index contributed by atoms with van der Waals surface area (Å²) in [6, 6.07) is 13.0. The third kappa shape index (κ3) is 6.29. The Kier molecular flexibility index (Phi) is 8.19. The first kappa shape index (κ1) is 23.2. The molecular weight excluding hydrogens is 453 g/mol. The first-order valence-corrected chi connectivity index (χ1v) is 10.3. The van der Waals surface area contributed by atoms with Gasteiger partial charge in [-0.3, -0.25) is 4.79 Å². The van der Waals surface area contributed by atoms with Crippen LogP contribution in [0.25, 0.3) is 6.08 Å². The van der Waals surface area contributed by atoms with E-state index >= 15 is 0 Å². The number of nitrogens with zero attached hydrogens (tertiary/aromatic N) is 2. The molecule has 0 spiro atoms. The van der Waals surface area contributed by atoms with E-state index in [1.165, 1.54) is 7.11 Å². The summed E-state index contributed by atoms with van der Waals surface area (Å²) < 4.78 is 10.4. The van der Waals surface area contributed by atoms with Crippen LogP contribution in [0.5, 0.6) is 11.8 Å². The largest absolute Gasteiger partial charge is 0.467 e. The molecule has 0 saturated heterocycles. The lowest BCUT2D eigenvalue weighted by atomic mass is 10.1. The number of benzene rings is 2. The molecule has 164 valence electrons. The lowest BCUT2D eigenvalue weighted by molar-refractivity contribution is -0.142. The second-order valence-corrected chi connectivity index (χ2v) is 7.30. The van der Waals surface area contributed by atoms with E-state index in [0.29, 0.717) is 5.75 Å². The lowest BCUT2D eigenvalue weighted by Crippen LogP contribution is -2.41. The van der Waals surface area contributed by atoms with E-state index in [1.54, 1.807) is 54.9 Å². The number of hydrogen-bond acceptors (Lipinski definition) is 6. The van der Waals surface area contributed by atoms with Crippen LogP contribution >= 0.6 is 23.2 Å². The monoisotopic (exact) mass is 471 g/mol. The van der Waals surface area contributed by atoms with E-state index in [2.05, 4.69) is 15.3 Å². The Labute approximate surface area is 195 Å². The number of carbonyl (C=O) groups is 2. The Bertz CT molecular complexity index is 1090. The predicted molar refractivity (Wildman–Crippen MR) is 122 cm³/mol. The van der Waals surface area contributed by atoms with Gasteiger partial charge in [-0.15, -0.1) is 0 Å². The molecule has 0 radical (unpaired) electrons. The highest BCUT2D eigenvalue weighted by Gasteiger charge is 2.23. The molecule has 3 aromatic rings. The van der Waals surface area contributed by atoms with Crippen molar-refractivity contribution in [3.8, 4) is 11.8 Å². The number of halogens is 2. The van der Waals surface area contributed by atoms with Crippen molar-refractivity contribution in [1.82, 2.24) is 15.3 Å². The van der Waals surface area contributed by atoms with Crippen molar-refractivity contribution in [2.75, 3.05) is 7.11 Å². The number of nitrogens with one attached hydrogen (secondary N) is 1. The molecule has 0 saturated carbocycles. The maximum Gasteiger partial charge on any atom is 0.328 e. The second kappa shape index (κ2) is 11.3. The summed E-state index contributed by atoms with van der Waals surface area (Å²) >= 11 is 12.2. The van der Waals surface area contributed by atoms with Crippen LogP contribution in [-0.2, 0) is 9.53 Å². The van der Waals surface area contributed by atoms with Gasteiger partial charge in [-0.25, -0.2) is 14.8 Å². The molecule has 1 atom stereocenters. The van der Waals surface area contributed by atoms with Gasteiger partial charge in [0.15, 0.2) is 0 Å². The van der Waals surface area contributed by atoms with Crippen molar-refractivity contribution in [2.45, 2.75) is 12.5 Å². The molecule has 32 heavy (non-hydrogen) atoms. The fourth-order valence-electron chi connectivity index (χ4n) is 2.73. The minimum atomic E-state index is -0.908. The molecule has 0 bridgehead atoms. The molecule has 0 aliphatic rings. The maximum absolute atomic E-state index is 12.6. The predicted octanol–water partition coefficient (Wildman–Crippen LogP) is 4.95. The molecule has 1 unspecified atom stereocenters. The highest BCUT2D eigenvalue weighted by atomic mass is 35.5. The Morgan fingerprint density at radius 3 is 2.31 bits per heavy atom. The van der Waals surface area contributed by atoms with E-state index in [1.807, 2.05) is 18.2 Å². The summed E-state index contributed by atoms with van der Waals surface area (Å²) in [7, 11) is 1.25. The van der Waals surface area contributed by atoms with Gasteiger partial charge >= 0.3 is 12.0 Å². The summed E-state index contributed by atoms with van der Waals surface area (Å²) in [5.41, 5.74) is 0.974. The number of esters is 1. The molecule has 0 fully saturated rings. The lowest BCUT2D eigenvalue weighted by Gasteiger charge is -2.16. The van der Waals surface area contributed by atoms with Crippen LogP contribution < -0.4 is 10.1 Å². The smallest absolute Gasteiger partial charge is 0.328 e. The molecule has 1 amide bonds. The van der Waals surface area contributed by atoms with Gasteiger partial charge in [-0.05, 0) is 42.3 Å². The zero-order chi connectivity index (χ0) is 22.9. The third-order valence-electron chi connectivity index (χ3n) is 4.29. The quantitative estimate of drug-likeness (QED) is 0.467. The maximum atomic E-state index is 12.6. The summed E-state index contributed by atoms with van der Waals surface area (Å²) in [4.78, 5) is 32.8. The zero-order valence-corrected chi connectivity index (χ0v) is 18.5. The van der Waals surface area contributed by atoms with Crippen molar-refractivity contribution >= 4 is 41.2 Å². The van der Waals surface area contributed by atoms with E-state index in [-0.39, 0.29) is 28.0 Å². The minimum absolute atomic E-state index is 0.103. The standard InChI is InChI=1S/C23H19Cl2N3O4/c1-31-22(30)19(28-21(29)20-17(24)6-3-7-18(20)25)8-2-5-15-9-11-16(12-10-15)32-23-26-13-4-14-27-23/h2-7,9-14,19H,8H2,1H3,(H,28,29)/b5-2+. The number of hydrogen-bond donors (Lipinski definition) is 1. The van der Waals surface area contributed by atoms with Gasteiger partial charge in [-0.1, -0.05) is 53.6 Å². The van der Waals surface area contributed by atoms with Gasteiger partial charge < -0.3 is 14.8 Å². The average molecular weight is 472 g/mol. The Morgan fingerprint density at radius 2 is 1.69 bits per heavy atom. The van der Waals surface area contributed by atoms with Gasteiger partial charge in [-0.2, -0.15) is 0 Å². The summed E-state index contributed by atoms with van der Waals surface area (Å²) in [6.45, 7) is 0. The van der Waals surface area contributed by atoms with Crippen LogP contribution in [0.15, 0.2) is 67.0 Å². The van der Waals surface area contributed by atoms with E-state index in [9.17, 15) is 9.59 Å². The first-order chi connectivity index (χ1) is 15.5. The fourth-order valence-corrected chi connectivity index (χ4v) is 3.30. The van der Waals surface area contributed by atoms with Crippen molar-refractivity contribution < 1.29 is 19.1 Å². The van der Waals surface area contributed by atoms with Crippen molar-refractivity contribution in [1.29, 1.82) is 0 Å². The van der Waals surface area contributed by atoms with Crippen LogP contribution in [0.3, 0.4) is 0 Å². The van der Waals surface area contributed by atoms with Crippen molar-refractivity contribution in [2.24, 2.45) is 0 Å². The number of carbonyl (C=O) groups excluding carboxylic acids is 2. The Balaban J connectivity index is 1.63. The summed E-state index contributed by atoms with van der Waals surface area (Å²) in [6.07, 6.45) is 6.96. The summed E-state index contributed by atoms with van der Waals surface area (Å²) in [5, 5.41) is 3.00. The minimum Gasteiger partial charge on any atom is -0.467 e. The van der Waals surface area contributed by atoms with Gasteiger partial charge in [0.25, 0.3) is 5.91 Å². The highest BCUT2D eigenvalue weighted by molar-refractivity contribution is 6.39. The van der Waals surface area contributed by atoms with Crippen LogP contribution in [0.1, 0.15) is 22.3 Å². The molecule has 9 heteroatoms. The first-order valence-electron chi connectivity index (χ1n) is 9.52. The highest BCUT2D eigenvalue weighted by Crippen LogP contribution is 2.24. The second-order valence-electron chi connectivity index (χ2n) is 6.49. The van der Waals surface area contributed by atoms with Gasteiger partial charge in [0.1, 0.15) is 11.8 Å². The van der Waals surface area contributed by atoms with Crippen molar-refractivity contribution in [3.05, 3.63) is 88.2 Å². The topological polar surface area (TPSA) is 90.4 Å². The third-order valence-corrected chi connectivity index (χ3v) is 4.92. The van der Waals surface area contributed by atoms with Crippen LogP contribution in [0, 0.1) is 0 Å². The molecule has 1 heterocycles. The molecule has 2 aromatic carbocycles. The molecule has 7 nitrogen and oxygen atoms in total. The molecule has 0 aliphatic carbocycles. The van der Waals surface area contributed by atoms with Gasteiger partial charge in [0.2, 0.25) is 0 Å². The molecule has 1 aromatic heterocycles. The Hall–Kier alpha value is -3.42. The van der Waals surface area contributed by atoms with Gasteiger partial charge in [0.05, 0.1) is 22.7 Å². The van der Waals surface area contributed by atoms with Crippen LogP contribution in [0.4, 0.5) is 0 Å². The molecule has 3 rings (SSSR count). The van der Waals surface area contributed by atoms with Crippen molar-refractivity contribution in [3.63, 3.8) is 0 Å². The average Bonchev–Trinajstić information content (AvgIpc) is 2.79. The summed E-state index contributed by atoms with van der Waals surface area (Å²) in [5.74, 6) is -0.559. The molecular formula is C23H19Cl2N3O4. The van der Waals surface area contributed by atoms with E-state index in [0.717, 1.165) is 5.56 Å².